The van der Waals surface area contributed by atoms with Crippen LogP contribution in [0.5, 0.6) is 0 Å². The van der Waals surface area contributed by atoms with E-state index in [0.717, 1.165) is 22.3 Å². The zero-order valence-corrected chi connectivity index (χ0v) is 30.6. The average molecular weight is 702 g/mol. The first-order chi connectivity index (χ1) is 27.0. The van der Waals surface area contributed by atoms with E-state index in [9.17, 15) is 0 Å². The van der Waals surface area contributed by atoms with Crippen molar-refractivity contribution in [1.82, 2.24) is 15.0 Å². The molecule has 3 nitrogen and oxygen atoms in total. The molecule has 9 aromatic carbocycles. The molecule has 0 N–H and O–H groups in total. The van der Waals surface area contributed by atoms with E-state index in [1.165, 1.54) is 70.9 Å². The maximum Gasteiger partial charge on any atom is 0.164 e. The van der Waals surface area contributed by atoms with E-state index >= 15 is 0 Å². The largest absolute Gasteiger partial charge is 0.208 e. The molecular formula is C52H35N3. The fourth-order valence-electron chi connectivity index (χ4n) is 8.76. The average Bonchev–Trinajstić information content (AvgIpc) is 3.48. The highest BCUT2D eigenvalue weighted by atomic mass is 15.0. The van der Waals surface area contributed by atoms with Crippen molar-refractivity contribution in [2.24, 2.45) is 0 Å². The molecule has 0 aliphatic heterocycles. The van der Waals surface area contributed by atoms with Gasteiger partial charge in [0.25, 0.3) is 0 Å². The lowest BCUT2D eigenvalue weighted by molar-refractivity contribution is 0.660. The van der Waals surface area contributed by atoms with Crippen LogP contribution in [0.1, 0.15) is 25.0 Å². The van der Waals surface area contributed by atoms with Gasteiger partial charge < -0.3 is 0 Å². The van der Waals surface area contributed by atoms with Crippen LogP contribution in [-0.2, 0) is 5.41 Å². The van der Waals surface area contributed by atoms with Crippen molar-refractivity contribution in [3.63, 3.8) is 0 Å². The number of aromatic nitrogens is 3. The zero-order valence-electron chi connectivity index (χ0n) is 30.6. The quantitative estimate of drug-likeness (QED) is 0.171. The minimum absolute atomic E-state index is 0.0152. The normalized spacial score (nSPS) is 13.1. The molecule has 0 saturated carbocycles. The van der Waals surface area contributed by atoms with Crippen molar-refractivity contribution >= 4 is 43.1 Å². The molecule has 258 valence electrons. The van der Waals surface area contributed by atoms with Gasteiger partial charge in [0.05, 0.1) is 0 Å². The summed E-state index contributed by atoms with van der Waals surface area (Å²) >= 11 is 0. The summed E-state index contributed by atoms with van der Waals surface area (Å²) in [6.45, 7) is 4.65. The predicted octanol–water partition coefficient (Wildman–Crippen LogP) is 13.5. The number of fused-ring (bicyclic) bond motifs is 9. The fraction of sp³-hybridized carbons (Fsp3) is 0.0577. The van der Waals surface area contributed by atoms with Gasteiger partial charge in [-0.25, -0.2) is 15.0 Å². The Kier molecular flexibility index (Phi) is 6.90. The molecule has 0 fully saturated rings. The molecule has 10 aromatic rings. The summed E-state index contributed by atoms with van der Waals surface area (Å²) in [6, 6.07) is 63.3. The van der Waals surface area contributed by atoms with E-state index in [-0.39, 0.29) is 5.41 Å². The Morgan fingerprint density at radius 3 is 1.33 bits per heavy atom. The predicted molar refractivity (Wildman–Crippen MR) is 229 cm³/mol. The van der Waals surface area contributed by atoms with Gasteiger partial charge in [0.15, 0.2) is 17.5 Å². The van der Waals surface area contributed by atoms with Crippen LogP contribution in [0.15, 0.2) is 176 Å². The maximum absolute atomic E-state index is 5.18. The molecule has 11 rings (SSSR count). The van der Waals surface area contributed by atoms with Gasteiger partial charge in [0.2, 0.25) is 0 Å². The molecule has 1 aliphatic carbocycles. The number of nitrogens with zero attached hydrogens (tertiary/aromatic N) is 3. The smallest absolute Gasteiger partial charge is 0.164 e. The lowest BCUT2D eigenvalue weighted by Gasteiger charge is -2.21. The summed E-state index contributed by atoms with van der Waals surface area (Å²) in [4.78, 5) is 15.5. The molecule has 1 aliphatic rings. The first kappa shape index (κ1) is 31.5. The van der Waals surface area contributed by atoms with Crippen molar-refractivity contribution in [2.45, 2.75) is 19.3 Å². The van der Waals surface area contributed by atoms with Crippen LogP contribution in [0.4, 0.5) is 0 Å². The molecule has 0 bridgehead atoms. The molecule has 1 heterocycles. The summed E-state index contributed by atoms with van der Waals surface area (Å²) in [5.74, 6) is 1.95. The van der Waals surface area contributed by atoms with Crippen LogP contribution in [0.3, 0.4) is 0 Å². The van der Waals surface area contributed by atoms with Crippen molar-refractivity contribution in [3.05, 3.63) is 187 Å². The molecule has 0 atom stereocenters. The molecule has 3 heteroatoms. The van der Waals surface area contributed by atoms with Gasteiger partial charge in [-0.2, -0.15) is 0 Å². The van der Waals surface area contributed by atoms with Crippen molar-refractivity contribution in [1.29, 1.82) is 0 Å². The Hall–Kier alpha value is -6.97. The van der Waals surface area contributed by atoms with E-state index in [1.54, 1.807) is 0 Å². The van der Waals surface area contributed by atoms with Gasteiger partial charge in [-0.05, 0) is 94.7 Å². The van der Waals surface area contributed by atoms with E-state index in [4.69, 9.17) is 15.0 Å². The lowest BCUT2D eigenvalue weighted by Crippen LogP contribution is -2.14. The Bertz CT molecular complexity index is 3040. The van der Waals surface area contributed by atoms with E-state index < -0.39 is 0 Å². The van der Waals surface area contributed by atoms with Crippen LogP contribution in [0, 0.1) is 0 Å². The summed E-state index contributed by atoms with van der Waals surface area (Å²) in [5.41, 5.74) is 10.6. The maximum atomic E-state index is 5.18. The summed E-state index contributed by atoms with van der Waals surface area (Å²) in [6.07, 6.45) is 0. The second-order valence-corrected chi connectivity index (χ2v) is 15.3. The van der Waals surface area contributed by atoms with Crippen LogP contribution in [-0.4, -0.2) is 15.0 Å². The summed E-state index contributed by atoms with van der Waals surface area (Å²) in [7, 11) is 0. The highest BCUT2D eigenvalue weighted by Crippen LogP contribution is 2.49. The topological polar surface area (TPSA) is 38.7 Å². The molecule has 0 unspecified atom stereocenters. The summed E-state index contributed by atoms with van der Waals surface area (Å²) < 4.78 is 0. The van der Waals surface area contributed by atoms with E-state index in [1.807, 2.05) is 0 Å². The van der Waals surface area contributed by atoms with Gasteiger partial charge in [-0.3, -0.25) is 0 Å². The first-order valence-corrected chi connectivity index (χ1v) is 18.9. The van der Waals surface area contributed by atoms with Gasteiger partial charge in [0.1, 0.15) is 0 Å². The monoisotopic (exact) mass is 701 g/mol. The van der Waals surface area contributed by atoms with Crippen molar-refractivity contribution in [3.8, 4) is 56.4 Å². The highest BCUT2D eigenvalue weighted by Gasteiger charge is 2.35. The number of hydrogen-bond donors (Lipinski definition) is 0. The number of hydrogen-bond acceptors (Lipinski definition) is 3. The third-order valence-electron chi connectivity index (χ3n) is 11.7. The third-order valence-corrected chi connectivity index (χ3v) is 11.7. The second kappa shape index (κ2) is 12.0. The Morgan fingerprint density at radius 2 is 0.727 bits per heavy atom. The minimum Gasteiger partial charge on any atom is -0.208 e. The third kappa shape index (κ3) is 5.08. The Labute approximate surface area is 319 Å². The zero-order chi connectivity index (χ0) is 36.7. The molecule has 1 aromatic heterocycles. The van der Waals surface area contributed by atoms with Gasteiger partial charge in [0, 0.05) is 22.1 Å². The first-order valence-electron chi connectivity index (χ1n) is 18.9. The molecule has 0 spiro atoms. The molecular weight excluding hydrogens is 667 g/mol. The molecule has 0 radical (unpaired) electrons. The summed E-state index contributed by atoms with van der Waals surface area (Å²) in [5, 5.41) is 9.59. The Balaban J connectivity index is 1.05. The standard InChI is InChI=1S/C52H35N3/c1-52(2)47-14-8-7-13-43(47)46-29-38(27-28-48(46)52)32-15-23-37(24-16-32)49-53-50(39-25-21-35-19-17-33-9-3-5-11-41(33)44(35)30-39)55-51(54-49)40-26-22-36-20-18-34-10-4-6-12-42(34)45(36)31-40/h3-31H,1-2H3. The fourth-order valence-corrected chi connectivity index (χ4v) is 8.76. The van der Waals surface area contributed by atoms with Crippen LogP contribution in [0.25, 0.3) is 99.5 Å². The van der Waals surface area contributed by atoms with Gasteiger partial charge >= 0.3 is 0 Å². The van der Waals surface area contributed by atoms with E-state index in [0.29, 0.717) is 17.5 Å². The van der Waals surface area contributed by atoms with Gasteiger partial charge in [-0.15, -0.1) is 0 Å². The van der Waals surface area contributed by atoms with Gasteiger partial charge in [-0.1, -0.05) is 172 Å². The van der Waals surface area contributed by atoms with Crippen LogP contribution < -0.4 is 0 Å². The van der Waals surface area contributed by atoms with E-state index in [2.05, 4.69) is 190 Å². The SMILES string of the molecule is CC1(C)c2ccccc2-c2cc(-c3ccc(-c4nc(-c5ccc6ccc7ccccc7c6c5)nc(-c5ccc6ccc7ccccc7c6c5)n4)cc3)ccc21. The minimum atomic E-state index is -0.0152. The van der Waals surface area contributed by atoms with Crippen molar-refractivity contribution in [2.75, 3.05) is 0 Å². The number of rotatable bonds is 4. The molecule has 0 saturated heterocycles. The highest BCUT2D eigenvalue weighted by molar-refractivity contribution is 6.09. The van der Waals surface area contributed by atoms with Crippen LogP contribution in [0.2, 0.25) is 0 Å². The van der Waals surface area contributed by atoms with Crippen LogP contribution >= 0.6 is 0 Å². The molecule has 0 amide bonds. The number of benzene rings is 9. The lowest BCUT2D eigenvalue weighted by atomic mass is 9.82. The second-order valence-electron chi connectivity index (χ2n) is 15.3. The molecule has 55 heavy (non-hydrogen) atoms. The van der Waals surface area contributed by atoms with Crippen molar-refractivity contribution < 1.29 is 0 Å². The Morgan fingerprint density at radius 1 is 0.309 bits per heavy atom.